The van der Waals surface area contributed by atoms with Crippen LogP contribution < -0.4 is 11.3 Å². The van der Waals surface area contributed by atoms with Crippen molar-refractivity contribution in [1.29, 1.82) is 0 Å². The second-order valence-electron chi connectivity index (χ2n) is 4.42. The van der Waals surface area contributed by atoms with Crippen LogP contribution in [0.3, 0.4) is 0 Å². The van der Waals surface area contributed by atoms with Gasteiger partial charge in [-0.3, -0.25) is 16.0 Å². The first-order chi connectivity index (χ1) is 9.11. The van der Waals surface area contributed by atoms with Gasteiger partial charge in [-0.2, -0.15) is 5.10 Å². The Morgan fingerprint density at radius 3 is 2.58 bits per heavy atom. The van der Waals surface area contributed by atoms with Crippen LogP contribution in [-0.4, -0.2) is 9.78 Å². The van der Waals surface area contributed by atoms with Crippen LogP contribution in [0.4, 0.5) is 0 Å². The second kappa shape index (κ2) is 6.39. The number of nitrogens with one attached hydrogen (secondary N) is 1. The van der Waals surface area contributed by atoms with Crippen molar-refractivity contribution in [3.05, 3.63) is 51.8 Å². The Balaban J connectivity index is 2.12. The van der Waals surface area contributed by atoms with E-state index in [2.05, 4.69) is 10.5 Å². The van der Waals surface area contributed by atoms with E-state index in [1.54, 1.807) is 4.68 Å². The third-order valence-corrected chi connectivity index (χ3v) is 3.69. The zero-order chi connectivity index (χ0) is 13.8. The van der Waals surface area contributed by atoms with Crippen LogP contribution in [0.5, 0.6) is 0 Å². The summed E-state index contributed by atoms with van der Waals surface area (Å²) in [7, 11) is 1.90. The zero-order valence-electron chi connectivity index (χ0n) is 10.6. The van der Waals surface area contributed by atoms with E-state index < -0.39 is 0 Å². The summed E-state index contributed by atoms with van der Waals surface area (Å²) in [6.07, 6.45) is 5.49. The number of aryl methyl sites for hydroxylation is 2. The van der Waals surface area contributed by atoms with Crippen molar-refractivity contribution in [3.63, 3.8) is 0 Å². The van der Waals surface area contributed by atoms with Crippen LogP contribution in [0.2, 0.25) is 10.0 Å². The highest BCUT2D eigenvalue weighted by Crippen LogP contribution is 2.32. The van der Waals surface area contributed by atoms with Gasteiger partial charge in [0.25, 0.3) is 0 Å². The van der Waals surface area contributed by atoms with Gasteiger partial charge >= 0.3 is 0 Å². The quantitative estimate of drug-likeness (QED) is 0.659. The molecule has 0 saturated heterocycles. The Bertz CT molecular complexity index is 533. The van der Waals surface area contributed by atoms with Crippen LogP contribution in [0.25, 0.3) is 0 Å². The maximum atomic E-state index is 6.19. The Morgan fingerprint density at radius 2 is 2.05 bits per heavy atom. The minimum absolute atomic E-state index is 0.0820. The molecule has 6 heteroatoms. The van der Waals surface area contributed by atoms with E-state index in [0.717, 1.165) is 24.0 Å². The Labute approximate surface area is 122 Å². The fourth-order valence-electron chi connectivity index (χ4n) is 2.07. The molecule has 0 amide bonds. The summed E-state index contributed by atoms with van der Waals surface area (Å²) in [5.74, 6) is 5.62. The van der Waals surface area contributed by atoms with Gasteiger partial charge in [0.2, 0.25) is 0 Å². The number of nitrogens with two attached hydrogens (primary N) is 1. The van der Waals surface area contributed by atoms with Crippen molar-refractivity contribution in [3.8, 4) is 0 Å². The fraction of sp³-hybridized carbons (Fsp3) is 0.308. The molecule has 2 rings (SSSR count). The minimum atomic E-state index is -0.0820. The lowest BCUT2D eigenvalue weighted by atomic mass is 10.0. The highest BCUT2D eigenvalue weighted by Gasteiger charge is 2.16. The normalized spacial score (nSPS) is 12.6. The summed E-state index contributed by atoms with van der Waals surface area (Å²) in [6.45, 7) is 0. The van der Waals surface area contributed by atoms with Gasteiger partial charge in [-0.25, -0.2) is 0 Å². The van der Waals surface area contributed by atoms with Crippen molar-refractivity contribution >= 4 is 23.2 Å². The molecule has 0 spiro atoms. The molecular formula is C13H16Cl2N4. The molecule has 0 saturated carbocycles. The number of hydrazine groups is 1. The number of hydrogen-bond acceptors (Lipinski definition) is 3. The molecule has 0 aliphatic carbocycles. The van der Waals surface area contributed by atoms with E-state index >= 15 is 0 Å². The molecule has 0 radical (unpaired) electrons. The smallest absolute Gasteiger partial charge is 0.0521 e. The summed E-state index contributed by atoms with van der Waals surface area (Å²) >= 11 is 12.4. The summed E-state index contributed by atoms with van der Waals surface area (Å²) in [5, 5.41) is 5.39. The maximum absolute atomic E-state index is 6.19. The minimum Gasteiger partial charge on any atom is -0.276 e. The first-order valence-electron chi connectivity index (χ1n) is 5.99. The monoisotopic (exact) mass is 298 g/mol. The molecule has 1 atom stereocenters. The number of hydrogen-bond donors (Lipinski definition) is 2. The van der Waals surface area contributed by atoms with Crippen LogP contribution in [0.15, 0.2) is 30.6 Å². The van der Waals surface area contributed by atoms with Crippen LogP contribution in [0.1, 0.15) is 23.6 Å². The predicted octanol–water partition coefficient (Wildman–Crippen LogP) is 2.86. The van der Waals surface area contributed by atoms with Gasteiger partial charge < -0.3 is 0 Å². The van der Waals surface area contributed by atoms with E-state index in [-0.39, 0.29) is 6.04 Å². The molecule has 1 unspecified atom stereocenters. The predicted molar refractivity (Wildman–Crippen MR) is 78.1 cm³/mol. The molecular weight excluding hydrogens is 283 g/mol. The van der Waals surface area contributed by atoms with Crippen LogP contribution in [0, 0.1) is 0 Å². The van der Waals surface area contributed by atoms with Crippen molar-refractivity contribution in [2.75, 3.05) is 0 Å². The third-order valence-electron chi connectivity index (χ3n) is 3.03. The first kappa shape index (κ1) is 14.3. The van der Waals surface area contributed by atoms with Gasteiger partial charge in [-0.05, 0) is 30.5 Å². The summed E-state index contributed by atoms with van der Waals surface area (Å²) in [4.78, 5) is 0. The van der Waals surface area contributed by atoms with E-state index in [1.165, 1.54) is 0 Å². The molecule has 0 aliphatic rings. The standard InChI is InChI=1S/C13H16Cl2N4/c1-19-8-9(7-17-19)5-6-12(18-16)13-10(14)3-2-4-11(13)15/h2-4,7-8,12,18H,5-6,16H2,1H3. The van der Waals surface area contributed by atoms with Crippen molar-refractivity contribution in [2.45, 2.75) is 18.9 Å². The Kier molecular flexibility index (Phi) is 4.82. The average Bonchev–Trinajstić information content (AvgIpc) is 2.79. The fourth-order valence-corrected chi connectivity index (χ4v) is 2.73. The maximum Gasteiger partial charge on any atom is 0.0521 e. The molecule has 4 nitrogen and oxygen atoms in total. The molecule has 0 bridgehead atoms. The lowest BCUT2D eigenvalue weighted by molar-refractivity contribution is 0.516. The zero-order valence-corrected chi connectivity index (χ0v) is 12.1. The number of aromatic nitrogens is 2. The molecule has 0 aliphatic heterocycles. The molecule has 1 heterocycles. The molecule has 19 heavy (non-hydrogen) atoms. The highest BCUT2D eigenvalue weighted by molar-refractivity contribution is 6.36. The lowest BCUT2D eigenvalue weighted by Gasteiger charge is -2.18. The number of halogens is 2. The Morgan fingerprint density at radius 1 is 1.37 bits per heavy atom. The molecule has 2 aromatic rings. The summed E-state index contributed by atoms with van der Waals surface area (Å²) in [6, 6.07) is 5.37. The van der Waals surface area contributed by atoms with Gasteiger partial charge in [0, 0.05) is 34.9 Å². The molecule has 1 aromatic heterocycles. The molecule has 0 fully saturated rings. The molecule has 102 valence electrons. The van der Waals surface area contributed by atoms with Crippen molar-refractivity contribution in [2.24, 2.45) is 12.9 Å². The molecule has 3 N–H and O–H groups in total. The number of benzene rings is 1. The van der Waals surface area contributed by atoms with Gasteiger partial charge in [0.05, 0.1) is 6.20 Å². The number of nitrogens with zero attached hydrogens (tertiary/aromatic N) is 2. The third kappa shape index (κ3) is 3.48. The van der Waals surface area contributed by atoms with Crippen molar-refractivity contribution < 1.29 is 0 Å². The van der Waals surface area contributed by atoms with E-state index in [4.69, 9.17) is 29.0 Å². The van der Waals surface area contributed by atoms with E-state index in [1.807, 2.05) is 37.6 Å². The van der Waals surface area contributed by atoms with Gasteiger partial charge in [0.15, 0.2) is 0 Å². The average molecular weight is 299 g/mol. The van der Waals surface area contributed by atoms with Crippen molar-refractivity contribution in [1.82, 2.24) is 15.2 Å². The van der Waals surface area contributed by atoms with Gasteiger partial charge in [-0.15, -0.1) is 0 Å². The second-order valence-corrected chi connectivity index (χ2v) is 5.23. The summed E-state index contributed by atoms with van der Waals surface area (Å²) < 4.78 is 1.78. The van der Waals surface area contributed by atoms with E-state index in [0.29, 0.717) is 10.0 Å². The highest BCUT2D eigenvalue weighted by atomic mass is 35.5. The number of rotatable bonds is 5. The first-order valence-corrected chi connectivity index (χ1v) is 6.75. The van der Waals surface area contributed by atoms with E-state index in [9.17, 15) is 0 Å². The Hall–Kier alpha value is -1.07. The van der Waals surface area contributed by atoms with Crippen LogP contribution in [-0.2, 0) is 13.5 Å². The topological polar surface area (TPSA) is 55.9 Å². The van der Waals surface area contributed by atoms with Gasteiger partial charge in [-0.1, -0.05) is 29.3 Å². The SMILES string of the molecule is Cn1cc(CCC(NN)c2c(Cl)cccc2Cl)cn1. The molecule has 1 aromatic carbocycles. The van der Waals surface area contributed by atoms with Gasteiger partial charge in [0.1, 0.15) is 0 Å². The lowest BCUT2D eigenvalue weighted by Crippen LogP contribution is -2.28. The van der Waals surface area contributed by atoms with Crippen LogP contribution >= 0.6 is 23.2 Å². The largest absolute Gasteiger partial charge is 0.276 e. The summed E-state index contributed by atoms with van der Waals surface area (Å²) in [5.41, 5.74) is 4.78.